The molecule has 2 aliphatic rings. The molecule has 19 heavy (non-hydrogen) atoms. The number of hydrogen-bond donors (Lipinski definition) is 1. The molecule has 1 N–H and O–H groups in total. The average Bonchev–Trinajstić information content (AvgIpc) is 3.14. The molecule has 5 heteroatoms. The Labute approximate surface area is 119 Å². The van der Waals surface area contributed by atoms with Gasteiger partial charge in [0.15, 0.2) is 5.13 Å². The summed E-state index contributed by atoms with van der Waals surface area (Å²) in [6, 6.07) is 0.766. The maximum Gasteiger partial charge on any atom is 0.185 e. The van der Waals surface area contributed by atoms with Crippen LogP contribution in [0.25, 0.3) is 0 Å². The third kappa shape index (κ3) is 3.91. The van der Waals surface area contributed by atoms with Gasteiger partial charge in [0.05, 0.1) is 6.61 Å². The fraction of sp³-hybridized carbons (Fsp3) is 0.786. The van der Waals surface area contributed by atoms with Gasteiger partial charge in [0.2, 0.25) is 0 Å². The summed E-state index contributed by atoms with van der Waals surface area (Å²) in [5.74, 6) is 0.663. The summed E-state index contributed by atoms with van der Waals surface area (Å²) in [5, 5.41) is 4.68. The highest BCUT2D eigenvalue weighted by Gasteiger charge is 2.21. The molecule has 0 radical (unpaired) electrons. The van der Waals surface area contributed by atoms with Crippen molar-refractivity contribution in [3.05, 3.63) is 11.1 Å². The number of nitrogens with zero attached hydrogens (tertiary/aromatic N) is 2. The quantitative estimate of drug-likeness (QED) is 0.868. The minimum Gasteiger partial charge on any atom is -0.381 e. The fourth-order valence-electron chi connectivity index (χ4n) is 2.50. The van der Waals surface area contributed by atoms with Gasteiger partial charge >= 0.3 is 0 Å². The number of nitrogens with one attached hydrogen (secondary N) is 1. The van der Waals surface area contributed by atoms with Crippen LogP contribution >= 0.6 is 11.3 Å². The summed E-state index contributed by atoms with van der Waals surface area (Å²) in [5.41, 5.74) is 0. The van der Waals surface area contributed by atoms with Crippen LogP contribution in [0.2, 0.25) is 0 Å². The SMILES string of the molecule is CN(CC1CCCOC1)c1ncc(CNC2CC2)s1. The molecule has 2 fully saturated rings. The molecule has 4 nitrogen and oxygen atoms in total. The molecule has 1 aromatic rings. The van der Waals surface area contributed by atoms with E-state index in [1.807, 2.05) is 17.5 Å². The Hall–Kier alpha value is -0.650. The second kappa shape index (κ2) is 6.20. The van der Waals surface area contributed by atoms with Gasteiger partial charge in [-0.15, -0.1) is 11.3 Å². The van der Waals surface area contributed by atoms with Crippen molar-refractivity contribution in [2.45, 2.75) is 38.3 Å². The highest BCUT2D eigenvalue weighted by atomic mass is 32.1. The van der Waals surface area contributed by atoms with Crippen LogP contribution in [-0.4, -0.2) is 37.8 Å². The first-order valence-corrected chi connectivity index (χ1v) is 8.10. The summed E-state index contributed by atoms with van der Waals surface area (Å²) in [6.07, 6.45) is 7.18. The molecule has 106 valence electrons. The molecule has 1 unspecified atom stereocenters. The number of thiazole rings is 1. The van der Waals surface area contributed by atoms with Gasteiger partial charge in [-0.25, -0.2) is 4.98 Å². The lowest BCUT2D eigenvalue weighted by molar-refractivity contribution is 0.0576. The summed E-state index contributed by atoms with van der Waals surface area (Å²) in [6.45, 7) is 3.88. The predicted octanol–water partition coefficient (Wildman–Crippen LogP) is 2.26. The second-order valence-electron chi connectivity index (χ2n) is 5.73. The molecular weight excluding hydrogens is 258 g/mol. The Kier molecular flexibility index (Phi) is 4.35. The van der Waals surface area contributed by atoms with Crippen molar-refractivity contribution in [1.29, 1.82) is 0 Å². The maximum absolute atomic E-state index is 5.54. The van der Waals surface area contributed by atoms with Crippen molar-refractivity contribution in [1.82, 2.24) is 10.3 Å². The minimum absolute atomic E-state index is 0.663. The van der Waals surface area contributed by atoms with Crippen LogP contribution in [0, 0.1) is 5.92 Å². The highest BCUT2D eigenvalue weighted by molar-refractivity contribution is 7.15. The van der Waals surface area contributed by atoms with Crippen LogP contribution < -0.4 is 10.2 Å². The number of rotatable bonds is 6. The van der Waals surface area contributed by atoms with Crippen LogP contribution in [-0.2, 0) is 11.3 Å². The highest BCUT2D eigenvalue weighted by Crippen LogP contribution is 2.25. The van der Waals surface area contributed by atoms with Gasteiger partial charge in [-0.3, -0.25) is 0 Å². The number of aromatic nitrogens is 1. The zero-order chi connectivity index (χ0) is 13.1. The van der Waals surface area contributed by atoms with Crippen molar-refractivity contribution < 1.29 is 4.74 Å². The Bertz CT molecular complexity index is 399. The largest absolute Gasteiger partial charge is 0.381 e. The van der Waals surface area contributed by atoms with E-state index < -0.39 is 0 Å². The van der Waals surface area contributed by atoms with Crippen LogP contribution in [0.15, 0.2) is 6.20 Å². The van der Waals surface area contributed by atoms with Gasteiger partial charge in [-0.05, 0) is 31.6 Å². The first kappa shape index (κ1) is 13.3. The summed E-state index contributed by atoms with van der Waals surface area (Å²) in [7, 11) is 2.14. The Morgan fingerprint density at radius 2 is 2.37 bits per heavy atom. The van der Waals surface area contributed by atoms with Crippen molar-refractivity contribution in [2.75, 3.05) is 31.7 Å². The molecule has 1 saturated heterocycles. The van der Waals surface area contributed by atoms with E-state index in [9.17, 15) is 0 Å². The van der Waals surface area contributed by atoms with Gasteiger partial charge in [0.1, 0.15) is 0 Å². The van der Waals surface area contributed by atoms with E-state index in [1.165, 1.54) is 30.6 Å². The Morgan fingerprint density at radius 3 is 3.11 bits per heavy atom. The van der Waals surface area contributed by atoms with Gasteiger partial charge in [0.25, 0.3) is 0 Å². The molecule has 1 saturated carbocycles. The lowest BCUT2D eigenvalue weighted by Crippen LogP contribution is -2.30. The predicted molar refractivity (Wildman–Crippen MR) is 78.8 cm³/mol. The molecule has 1 atom stereocenters. The van der Waals surface area contributed by atoms with Gasteiger partial charge in [0, 0.05) is 43.9 Å². The van der Waals surface area contributed by atoms with E-state index in [1.54, 1.807) is 0 Å². The van der Waals surface area contributed by atoms with Crippen LogP contribution in [0.3, 0.4) is 0 Å². The van der Waals surface area contributed by atoms with Gasteiger partial charge in [-0.2, -0.15) is 0 Å². The molecule has 0 amide bonds. The lowest BCUT2D eigenvalue weighted by Gasteiger charge is -2.26. The van der Waals surface area contributed by atoms with Crippen molar-refractivity contribution >= 4 is 16.5 Å². The topological polar surface area (TPSA) is 37.4 Å². The molecule has 0 aromatic carbocycles. The molecule has 2 heterocycles. The molecule has 0 spiro atoms. The summed E-state index contributed by atoms with van der Waals surface area (Å²) < 4.78 is 5.54. The van der Waals surface area contributed by atoms with Crippen LogP contribution in [0.4, 0.5) is 5.13 Å². The average molecular weight is 281 g/mol. The summed E-state index contributed by atoms with van der Waals surface area (Å²) >= 11 is 1.81. The molecule has 1 aromatic heterocycles. The third-order valence-corrected chi connectivity index (χ3v) is 4.91. The van der Waals surface area contributed by atoms with Crippen molar-refractivity contribution in [3.63, 3.8) is 0 Å². The van der Waals surface area contributed by atoms with E-state index in [0.29, 0.717) is 5.92 Å². The molecule has 0 bridgehead atoms. The molecular formula is C14H23N3OS. The molecule has 1 aliphatic heterocycles. The van der Waals surface area contributed by atoms with Crippen molar-refractivity contribution in [2.24, 2.45) is 5.92 Å². The second-order valence-corrected chi connectivity index (χ2v) is 6.82. The zero-order valence-electron chi connectivity index (χ0n) is 11.6. The first-order chi connectivity index (χ1) is 9.31. The monoisotopic (exact) mass is 281 g/mol. The van der Waals surface area contributed by atoms with E-state index >= 15 is 0 Å². The van der Waals surface area contributed by atoms with Crippen LogP contribution in [0.5, 0.6) is 0 Å². The maximum atomic E-state index is 5.54. The van der Waals surface area contributed by atoms with Crippen molar-refractivity contribution in [3.8, 4) is 0 Å². The van der Waals surface area contributed by atoms with E-state index in [2.05, 4.69) is 22.2 Å². The normalized spacial score (nSPS) is 23.5. The minimum atomic E-state index is 0.663. The first-order valence-electron chi connectivity index (χ1n) is 7.28. The van der Waals surface area contributed by atoms with E-state index in [0.717, 1.165) is 37.5 Å². The smallest absolute Gasteiger partial charge is 0.185 e. The zero-order valence-corrected chi connectivity index (χ0v) is 12.4. The Balaban J connectivity index is 1.48. The van der Waals surface area contributed by atoms with Gasteiger partial charge in [-0.1, -0.05) is 0 Å². The molecule has 3 rings (SSSR count). The number of ether oxygens (including phenoxy) is 1. The number of anilines is 1. The lowest BCUT2D eigenvalue weighted by atomic mass is 10.0. The Morgan fingerprint density at radius 1 is 1.47 bits per heavy atom. The third-order valence-electron chi connectivity index (χ3n) is 3.80. The molecule has 1 aliphatic carbocycles. The van der Waals surface area contributed by atoms with Crippen LogP contribution in [0.1, 0.15) is 30.6 Å². The summed E-state index contributed by atoms with van der Waals surface area (Å²) in [4.78, 5) is 8.17. The van der Waals surface area contributed by atoms with Gasteiger partial charge < -0.3 is 15.0 Å². The standard InChI is InChI=1S/C14H23N3OS/c1-17(9-11-3-2-6-18-10-11)14-16-8-13(19-14)7-15-12-4-5-12/h8,11-12,15H,2-7,9-10H2,1H3. The van der Waals surface area contributed by atoms with E-state index in [4.69, 9.17) is 4.74 Å². The van der Waals surface area contributed by atoms with E-state index in [-0.39, 0.29) is 0 Å². The fourth-order valence-corrected chi connectivity index (χ4v) is 3.34. The number of hydrogen-bond acceptors (Lipinski definition) is 5.